The van der Waals surface area contributed by atoms with Crippen molar-refractivity contribution in [3.8, 4) is 5.75 Å². The summed E-state index contributed by atoms with van der Waals surface area (Å²) >= 11 is 0. The van der Waals surface area contributed by atoms with Crippen molar-refractivity contribution in [3.63, 3.8) is 0 Å². The van der Waals surface area contributed by atoms with Gasteiger partial charge in [-0.15, -0.1) is 0 Å². The van der Waals surface area contributed by atoms with Crippen LogP contribution in [0.4, 0.5) is 0 Å². The average Bonchev–Trinajstić information content (AvgIpc) is 2.20. The summed E-state index contributed by atoms with van der Waals surface area (Å²) in [6.07, 6.45) is 5.74. The van der Waals surface area contributed by atoms with Crippen molar-refractivity contribution in [3.05, 3.63) is 40.5 Å². The summed E-state index contributed by atoms with van der Waals surface area (Å²) in [6, 6.07) is 3.23. The van der Waals surface area contributed by atoms with Crippen molar-refractivity contribution in [1.29, 1.82) is 0 Å². The minimum Gasteiger partial charge on any atom is -0.506 e. The zero-order valence-electron chi connectivity index (χ0n) is 7.54. The number of azide groups is 1. The molecule has 0 unspecified atom stereocenters. The van der Waals surface area contributed by atoms with Gasteiger partial charge >= 0.3 is 0 Å². The Morgan fingerprint density at radius 2 is 2.50 bits per heavy atom. The first kappa shape index (κ1) is 10.1. The lowest BCUT2D eigenvalue weighted by molar-refractivity contribution is 0.471. The highest BCUT2D eigenvalue weighted by atomic mass is 16.3. The van der Waals surface area contributed by atoms with Crippen molar-refractivity contribution in [2.45, 2.75) is 6.42 Å². The summed E-state index contributed by atoms with van der Waals surface area (Å²) in [5, 5.41) is 12.7. The van der Waals surface area contributed by atoms with Gasteiger partial charge in [-0.2, -0.15) is 0 Å². The number of hydrogen-bond donors (Lipinski definition) is 1. The van der Waals surface area contributed by atoms with Crippen LogP contribution in [0.2, 0.25) is 0 Å². The Kier molecular flexibility index (Phi) is 4.04. The van der Waals surface area contributed by atoms with E-state index in [4.69, 9.17) is 5.53 Å². The van der Waals surface area contributed by atoms with Crippen LogP contribution in [-0.2, 0) is 0 Å². The molecule has 1 heterocycles. The summed E-state index contributed by atoms with van der Waals surface area (Å²) < 4.78 is 0. The maximum atomic E-state index is 9.32. The highest BCUT2D eigenvalue weighted by Gasteiger charge is 1.94. The predicted octanol–water partition coefficient (Wildman–Crippen LogP) is 2.50. The standard InChI is InChI=1S/C9H10N4O/c10-13-12-7-2-1-4-8-9(14)5-3-6-11-8/h1,3-6,14H,2,7H2. The van der Waals surface area contributed by atoms with E-state index < -0.39 is 0 Å². The lowest BCUT2D eigenvalue weighted by Gasteiger charge is -1.95. The molecule has 0 amide bonds. The number of aromatic hydroxyl groups is 1. The summed E-state index contributed by atoms with van der Waals surface area (Å²) in [5.74, 6) is 0.146. The third-order valence-electron chi connectivity index (χ3n) is 1.55. The molecule has 5 heteroatoms. The van der Waals surface area contributed by atoms with E-state index in [0.29, 0.717) is 18.7 Å². The topological polar surface area (TPSA) is 81.9 Å². The van der Waals surface area contributed by atoms with Crippen molar-refractivity contribution >= 4 is 6.08 Å². The van der Waals surface area contributed by atoms with E-state index in [2.05, 4.69) is 15.0 Å². The normalized spacial score (nSPS) is 10.0. The molecule has 1 N–H and O–H groups in total. The molecule has 0 aliphatic rings. The van der Waals surface area contributed by atoms with E-state index in [9.17, 15) is 5.11 Å². The first-order valence-electron chi connectivity index (χ1n) is 4.16. The highest BCUT2D eigenvalue weighted by Crippen LogP contribution is 2.13. The van der Waals surface area contributed by atoms with Gasteiger partial charge in [0.25, 0.3) is 0 Å². The van der Waals surface area contributed by atoms with E-state index in [1.807, 2.05) is 0 Å². The molecule has 0 fully saturated rings. The first-order chi connectivity index (χ1) is 6.84. The van der Waals surface area contributed by atoms with Crippen molar-refractivity contribution in [2.24, 2.45) is 5.11 Å². The molecule has 0 spiro atoms. The van der Waals surface area contributed by atoms with E-state index in [1.54, 1.807) is 30.5 Å². The van der Waals surface area contributed by atoms with Crippen LogP contribution in [0.25, 0.3) is 16.5 Å². The molecule has 0 aromatic carbocycles. The van der Waals surface area contributed by atoms with Gasteiger partial charge in [0.15, 0.2) is 0 Å². The van der Waals surface area contributed by atoms with Crippen LogP contribution >= 0.6 is 0 Å². The SMILES string of the molecule is [N-]=[N+]=NCCC=Cc1ncccc1O. The Morgan fingerprint density at radius 1 is 1.64 bits per heavy atom. The summed E-state index contributed by atoms with van der Waals surface area (Å²) in [4.78, 5) is 6.58. The molecule has 0 aliphatic carbocycles. The van der Waals surface area contributed by atoms with Gasteiger partial charge in [-0.1, -0.05) is 11.2 Å². The second-order valence-corrected chi connectivity index (χ2v) is 2.55. The van der Waals surface area contributed by atoms with Gasteiger partial charge in [0.05, 0.1) is 0 Å². The largest absolute Gasteiger partial charge is 0.506 e. The first-order valence-corrected chi connectivity index (χ1v) is 4.16. The molecule has 0 radical (unpaired) electrons. The number of pyridine rings is 1. The minimum absolute atomic E-state index is 0.146. The third kappa shape index (κ3) is 3.16. The lowest BCUT2D eigenvalue weighted by atomic mass is 10.3. The fourth-order valence-corrected chi connectivity index (χ4v) is 0.909. The second-order valence-electron chi connectivity index (χ2n) is 2.55. The fraction of sp³-hybridized carbons (Fsp3) is 0.222. The molecule has 1 aromatic rings. The molecule has 0 aliphatic heterocycles. The summed E-state index contributed by atoms with van der Waals surface area (Å²) in [7, 11) is 0. The molecule has 0 bridgehead atoms. The molecule has 5 nitrogen and oxygen atoms in total. The molecule has 0 saturated carbocycles. The van der Waals surface area contributed by atoms with Crippen molar-refractivity contribution in [2.75, 3.05) is 6.54 Å². The van der Waals surface area contributed by atoms with Gasteiger partial charge in [0, 0.05) is 17.7 Å². The van der Waals surface area contributed by atoms with E-state index in [1.165, 1.54) is 0 Å². The van der Waals surface area contributed by atoms with Crippen LogP contribution in [0, 0.1) is 0 Å². The fourth-order valence-electron chi connectivity index (χ4n) is 0.909. The van der Waals surface area contributed by atoms with E-state index >= 15 is 0 Å². The van der Waals surface area contributed by atoms with Gasteiger partial charge in [-0.05, 0) is 30.2 Å². The maximum absolute atomic E-state index is 9.32. The highest BCUT2D eigenvalue weighted by molar-refractivity contribution is 5.51. The Morgan fingerprint density at radius 3 is 3.21 bits per heavy atom. The molecule has 72 valence electrons. The molecule has 0 saturated heterocycles. The van der Waals surface area contributed by atoms with Crippen LogP contribution in [0.15, 0.2) is 29.5 Å². The molecule has 0 atom stereocenters. The Bertz CT molecular complexity index is 369. The zero-order valence-corrected chi connectivity index (χ0v) is 7.54. The monoisotopic (exact) mass is 190 g/mol. The third-order valence-corrected chi connectivity index (χ3v) is 1.55. The van der Waals surface area contributed by atoms with Gasteiger partial charge in [-0.3, -0.25) is 4.98 Å². The summed E-state index contributed by atoms with van der Waals surface area (Å²) in [6.45, 7) is 0.417. The van der Waals surface area contributed by atoms with Crippen LogP contribution in [0.3, 0.4) is 0 Å². The minimum atomic E-state index is 0.146. The van der Waals surface area contributed by atoms with Crippen LogP contribution in [0.1, 0.15) is 12.1 Å². The number of rotatable bonds is 4. The molecule has 14 heavy (non-hydrogen) atoms. The molecule has 1 rings (SSSR count). The zero-order chi connectivity index (χ0) is 10.2. The van der Waals surface area contributed by atoms with Crippen LogP contribution in [0.5, 0.6) is 5.75 Å². The number of aromatic nitrogens is 1. The Balaban J connectivity index is 2.51. The quantitative estimate of drug-likeness (QED) is 0.342. The van der Waals surface area contributed by atoms with Gasteiger partial charge in [-0.25, -0.2) is 0 Å². The van der Waals surface area contributed by atoms with Gasteiger partial charge in [0.1, 0.15) is 11.4 Å². The van der Waals surface area contributed by atoms with Gasteiger partial charge < -0.3 is 5.11 Å². The van der Waals surface area contributed by atoms with Crippen molar-refractivity contribution < 1.29 is 5.11 Å². The van der Waals surface area contributed by atoms with E-state index in [0.717, 1.165) is 0 Å². The number of hydrogen-bond acceptors (Lipinski definition) is 3. The Labute approximate surface area is 81.3 Å². The van der Waals surface area contributed by atoms with Crippen LogP contribution in [-0.4, -0.2) is 16.6 Å². The van der Waals surface area contributed by atoms with Crippen LogP contribution < -0.4 is 0 Å². The molecular weight excluding hydrogens is 180 g/mol. The van der Waals surface area contributed by atoms with E-state index in [-0.39, 0.29) is 5.75 Å². The smallest absolute Gasteiger partial charge is 0.141 e. The molecular formula is C9H10N4O. The predicted molar refractivity (Wildman–Crippen MR) is 53.6 cm³/mol. The lowest BCUT2D eigenvalue weighted by Crippen LogP contribution is -1.80. The Hall–Kier alpha value is -2.00. The maximum Gasteiger partial charge on any atom is 0.141 e. The van der Waals surface area contributed by atoms with Crippen molar-refractivity contribution in [1.82, 2.24) is 4.98 Å². The second kappa shape index (κ2) is 5.61. The molecule has 1 aromatic heterocycles. The average molecular weight is 190 g/mol. The number of nitrogens with zero attached hydrogens (tertiary/aromatic N) is 4. The van der Waals surface area contributed by atoms with Gasteiger partial charge in [0.2, 0.25) is 0 Å². The summed E-state index contributed by atoms with van der Waals surface area (Å²) in [5.41, 5.74) is 8.53.